The van der Waals surface area contributed by atoms with Crippen LogP contribution in [-0.4, -0.2) is 32.8 Å². The van der Waals surface area contributed by atoms with Gasteiger partial charge in [-0.1, -0.05) is 48.9 Å². The topological polar surface area (TPSA) is 79.3 Å². The number of imidazole rings is 1. The number of carbonyl (C=O) groups is 2. The largest absolute Gasteiger partial charge is 0.352 e. The molecule has 0 aliphatic carbocycles. The summed E-state index contributed by atoms with van der Waals surface area (Å²) >= 11 is 0. The van der Waals surface area contributed by atoms with Crippen LogP contribution in [0.4, 0.5) is 15.9 Å². The molecule has 7 nitrogen and oxygen atoms in total. The van der Waals surface area contributed by atoms with Gasteiger partial charge in [-0.25, -0.2) is 9.37 Å². The van der Waals surface area contributed by atoms with Gasteiger partial charge in [0.05, 0.1) is 6.54 Å². The summed E-state index contributed by atoms with van der Waals surface area (Å²) in [4.78, 5) is 31.4. The van der Waals surface area contributed by atoms with Crippen molar-refractivity contribution in [3.8, 4) is 11.3 Å². The van der Waals surface area contributed by atoms with Crippen LogP contribution < -0.4 is 10.6 Å². The second-order valence-corrected chi connectivity index (χ2v) is 10.1. The highest BCUT2D eigenvalue weighted by atomic mass is 19.1. The summed E-state index contributed by atoms with van der Waals surface area (Å²) in [7, 11) is 0. The number of hydrogen-bond donors (Lipinski definition) is 2. The van der Waals surface area contributed by atoms with Crippen molar-refractivity contribution >= 4 is 23.3 Å². The third-order valence-electron chi connectivity index (χ3n) is 7.22. The maximum atomic E-state index is 13.6. The quantitative estimate of drug-likeness (QED) is 0.284. The molecule has 0 radical (unpaired) electrons. The molecule has 40 heavy (non-hydrogen) atoms. The van der Waals surface area contributed by atoms with E-state index in [1.807, 2.05) is 67.3 Å². The first-order valence-corrected chi connectivity index (χ1v) is 13.7. The van der Waals surface area contributed by atoms with E-state index in [0.717, 1.165) is 39.7 Å². The molecular weight excluding hydrogens is 505 g/mol. The lowest BCUT2D eigenvalue weighted by Crippen LogP contribution is -2.38. The minimum atomic E-state index is -0.296. The second-order valence-electron chi connectivity index (χ2n) is 10.1. The number of carbonyl (C=O) groups excluding carboxylic acids is 2. The molecule has 4 aromatic rings. The van der Waals surface area contributed by atoms with Gasteiger partial charge in [0.2, 0.25) is 11.8 Å². The van der Waals surface area contributed by atoms with Crippen LogP contribution in [0.15, 0.2) is 72.8 Å². The van der Waals surface area contributed by atoms with Crippen LogP contribution >= 0.6 is 0 Å². The molecule has 0 atom stereocenters. The lowest BCUT2D eigenvalue weighted by Gasteiger charge is -2.28. The zero-order valence-electron chi connectivity index (χ0n) is 22.9. The molecule has 2 N–H and O–H groups in total. The predicted molar refractivity (Wildman–Crippen MR) is 154 cm³/mol. The molecule has 0 spiro atoms. The van der Waals surface area contributed by atoms with Gasteiger partial charge in [-0.05, 0) is 60.9 Å². The zero-order valence-corrected chi connectivity index (χ0v) is 22.9. The number of anilines is 2. The molecule has 3 aromatic carbocycles. The van der Waals surface area contributed by atoms with Crippen molar-refractivity contribution in [3.05, 3.63) is 101 Å². The van der Waals surface area contributed by atoms with Gasteiger partial charge in [-0.3, -0.25) is 9.59 Å². The minimum Gasteiger partial charge on any atom is -0.352 e. The van der Waals surface area contributed by atoms with Crippen LogP contribution in [0, 0.1) is 12.7 Å². The van der Waals surface area contributed by atoms with Gasteiger partial charge < -0.3 is 20.1 Å². The molecule has 2 heterocycles. The summed E-state index contributed by atoms with van der Waals surface area (Å²) in [5.74, 6) is 1.46. The second kappa shape index (κ2) is 12.2. The number of aromatic nitrogens is 2. The van der Waals surface area contributed by atoms with Gasteiger partial charge in [-0.15, -0.1) is 0 Å². The number of aryl methyl sites for hydroxylation is 2. The lowest BCUT2D eigenvalue weighted by atomic mass is 10.1. The summed E-state index contributed by atoms with van der Waals surface area (Å²) in [6, 6.07) is 22.5. The van der Waals surface area contributed by atoms with Crippen molar-refractivity contribution in [1.29, 1.82) is 0 Å². The van der Waals surface area contributed by atoms with E-state index in [0.29, 0.717) is 45.4 Å². The van der Waals surface area contributed by atoms with Gasteiger partial charge in [0.15, 0.2) is 0 Å². The van der Waals surface area contributed by atoms with E-state index >= 15 is 0 Å². The standard InChI is InChI=1S/C32H34FN5O2/c1-3-29(39)34-20-24-8-6-23(7-9-24)10-17-30(40)37-18-19-38-28(21-37)36-31(25-11-13-26(33)14-12-25)32(38)35-27-15-4-22(2)5-16-27/h4-9,11-16,35H,3,10,17-21H2,1-2H3,(H,34,39). The fraction of sp³-hybridized carbons (Fsp3) is 0.281. The first-order chi connectivity index (χ1) is 19.4. The number of benzene rings is 3. The Morgan fingerprint density at radius 3 is 2.33 bits per heavy atom. The maximum absolute atomic E-state index is 13.6. The van der Waals surface area contributed by atoms with Gasteiger partial charge in [0.1, 0.15) is 23.2 Å². The van der Waals surface area contributed by atoms with E-state index in [9.17, 15) is 14.0 Å². The third-order valence-corrected chi connectivity index (χ3v) is 7.22. The molecule has 1 aliphatic heterocycles. The van der Waals surface area contributed by atoms with E-state index in [1.165, 1.54) is 17.7 Å². The first-order valence-electron chi connectivity index (χ1n) is 13.7. The average molecular weight is 540 g/mol. The molecule has 0 fully saturated rings. The Labute approximate surface area is 234 Å². The van der Waals surface area contributed by atoms with Crippen molar-refractivity contribution in [3.63, 3.8) is 0 Å². The number of rotatable bonds is 9. The van der Waals surface area contributed by atoms with Crippen molar-refractivity contribution in [2.45, 2.75) is 52.7 Å². The van der Waals surface area contributed by atoms with Crippen LogP contribution in [0.3, 0.4) is 0 Å². The summed E-state index contributed by atoms with van der Waals surface area (Å²) in [6.07, 6.45) is 1.52. The Morgan fingerprint density at radius 1 is 0.925 bits per heavy atom. The number of nitrogens with zero attached hydrogens (tertiary/aromatic N) is 3. The third kappa shape index (κ3) is 6.39. The van der Waals surface area contributed by atoms with E-state index < -0.39 is 0 Å². The Bertz CT molecular complexity index is 1480. The molecule has 206 valence electrons. The summed E-state index contributed by atoms with van der Waals surface area (Å²) < 4.78 is 15.8. The highest BCUT2D eigenvalue weighted by molar-refractivity contribution is 5.79. The Balaban J connectivity index is 1.28. The van der Waals surface area contributed by atoms with Gasteiger partial charge in [-0.2, -0.15) is 0 Å². The molecule has 1 aliphatic rings. The molecule has 0 unspecified atom stereocenters. The fourth-order valence-corrected chi connectivity index (χ4v) is 4.81. The number of halogens is 1. The molecule has 0 saturated heterocycles. The smallest absolute Gasteiger partial charge is 0.223 e. The summed E-state index contributed by atoms with van der Waals surface area (Å²) in [6.45, 7) is 6.00. The van der Waals surface area contributed by atoms with Crippen LogP contribution in [0.1, 0.15) is 42.3 Å². The van der Waals surface area contributed by atoms with Crippen molar-refractivity contribution in [2.75, 3.05) is 11.9 Å². The van der Waals surface area contributed by atoms with E-state index in [4.69, 9.17) is 4.98 Å². The molecule has 8 heteroatoms. The fourth-order valence-electron chi connectivity index (χ4n) is 4.81. The van der Waals surface area contributed by atoms with Crippen LogP contribution in [0.5, 0.6) is 0 Å². The molecule has 1 aromatic heterocycles. The van der Waals surface area contributed by atoms with Gasteiger partial charge in [0.25, 0.3) is 0 Å². The van der Waals surface area contributed by atoms with Crippen molar-refractivity contribution < 1.29 is 14.0 Å². The van der Waals surface area contributed by atoms with Crippen molar-refractivity contribution in [1.82, 2.24) is 19.8 Å². The van der Waals surface area contributed by atoms with Crippen LogP contribution in [0.2, 0.25) is 0 Å². The lowest BCUT2D eigenvalue weighted by molar-refractivity contribution is -0.132. The molecule has 0 bridgehead atoms. The maximum Gasteiger partial charge on any atom is 0.223 e. The van der Waals surface area contributed by atoms with E-state index in [2.05, 4.69) is 15.2 Å². The highest BCUT2D eigenvalue weighted by Gasteiger charge is 2.27. The van der Waals surface area contributed by atoms with E-state index in [-0.39, 0.29) is 17.6 Å². The number of amides is 2. The number of fused-ring (bicyclic) bond motifs is 1. The Morgan fingerprint density at radius 2 is 1.62 bits per heavy atom. The molecular formula is C32H34FN5O2. The SMILES string of the molecule is CCC(=O)NCc1ccc(CCC(=O)N2CCn3c(nc(-c4ccc(F)cc4)c3Nc3ccc(C)cc3)C2)cc1. The zero-order chi connectivity index (χ0) is 28.1. The number of hydrogen-bond acceptors (Lipinski definition) is 4. The van der Waals surface area contributed by atoms with Crippen molar-refractivity contribution in [2.24, 2.45) is 0 Å². The molecule has 0 saturated carbocycles. The normalized spacial score (nSPS) is 12.6. The summed E-state index contributed by atoms with van der Waals surface area (Å²) in [5, 5.41) is 6.39. The summed E-state index contributed by atoms with van der Waals surface area (Å²) in [5.41, 5.74) is 5.78. The van der Waals surface area contributed by atoms with Gasteiger partial charge in [0, 0.05) is 43.7 Å². The highest BCUT2D eigenvalue weighted by Crippen LogP contribution is 2.33. The molecule has 2 amide bonds. The average Bonchev–Trinajstić information content (AvgIpc) is 3.34. The number of nitrogens with one attached hydrogen (secondary N) is 2. The first kappa shape index (κ1) is 27.1. The predicted octanol–water partition coefficient (Wildman–Crippen LogP) is 5.74. The van der Waals surface area contributed by atoms with E-state index in [1.54, 1.807) is 12.1 Å². The van der Waals surface area contributed by atoms with Crippen LogP contribution in [0.25, 0.3) is 11.3 Å². The van der Waals surface area contributed by atoms with Gasteiger partial charge >= 0.3 is 0 Å². The Hall–Kier alpha value is -4.46. The minimum absolute atomic E-state index is 0.0275. The monoisotopic (exact) mass is 539 g/mol. The molecule has 5 rings (SSSR count). The Kier molecular flexibility index (Phi) is 8.24. The van der Waals surface area contributed by atoms with Crippen LogP contribution in [-0.2, 0) is 35.6 Å².